The van der Waals surface area contributed by atoms with Crippen LogP contribution in [-0.4, -0.2) is 36.0 Å². The molecule has 1 saturated carbocycles. The minimum absolute atomic E-state index is 0.115. The third-order valence-corrected chi connectivity index (χ3v) is 6.64. The summed E-state index contributed by atoms with van der Waals surface area (Å²) in [6, 6.07) is 5.81. The van der Waals surface area contributed by atoms with Crippen LogP contribution in [-0.2, 0) is 9.53 Å². The third kappa shape index (κ3) is 3.47. The first-order valence-electron chi connectivity index (χ1n) is 9.72. The maximum absolute atomic E-state index is 12.8. The summed E-state index contributed by atoms with van der Waals surface area (Å²) in [6.45, 7) is 9.13. The van der Waals surface area contributed by atoms with E-state index >= 15 is 0 Å². The lowest BCUT2D eigenvalue weighted by Crippen LogP contribution is -2.39. The van der Waals surface area contributed by atoms with Crippen LogP contribution >= 0.6 is 15.9 Å². The smallest absolute Gasteiger partial charge is 0.375 e. The van der Waals surface area contributed by atoms with Crippen molar-refractivity contribution >= 4 is 38.8 Å². The first-order chi connectivity index (χ1) is 13.1. The molecule has 2 atom stereocenters. The number of fused-ring (bicyclic) bond motifs is 3. The minimum atomic E-state index is -0.591. The van der Waals surface area contributed by atoms with Gasteiger partial charge in [0.05, 0.1) is 0 Å². The van der Waals surface area contributed by atoms with E-state index in [0.717, 1.165) is 41.2 Å². The lowest BCUT2D eigenvalue weighted by molar-refractivity contribution is -0.135. The van der Waals surface area contributed by atoms with Crippen molar-refractivity contribution in [1.82, 2.24) is 4.90 Å². The second-order valence-corrected chi connectivity index (χ2v) is 10.4. The molecule has 2 fully saturated rings. The number of esters is 1. The molecular weight excluding hydrogens is 422 g/mol. The molecule has 1 saturated heterocycles. The molecule has 5 nitrogen and oxygen atoms in total. The number of halogens is 1. The molecule has 28 heavy (non-hydrogen) atoms. The molecule has 0 N–H and O–H groups in total. The van der Waals surface area contributed by atoms with Crippen LogP contribution in [0.4, 0.5) is 0 Å². The molecule has 2 heterocycles. The molecule has 0 spiro atoms. The van der Waals surface area contributed by atoms with Crippen molar-refractivity contribution in [3.63, 3.8) is 0 Å². The van der Waals surface area contributed by atoms with E-state index in [0.29, 0.717) is 5.58 Å². The van der Waals surface area contributed by atoms with Gasteiger partial charge in [0.1, 0.15) is 5.58 Å². The number of hydrogen-bond donors (Lipinski definition) is 0. The molecule has 2 bridgehead atoms. The van der Waals surface area contributed by atoms with E-state index in [1.54, 1.807) is 6.07 Å². The lowest BCUT2D eigenvalue weighted by atomic mass is 9.65. The molecule has 1 amide bonds. The zero-order valence-corrected chi connectivity index (χ0v) is 18.4. The maximum atomic E-state index is 12.8. The van der Waals surface area contributed by atoms with E-state index in [2.05, 4.69) is 36.7 Å². The van der Waals surface area contributed by atoms with Crippen molar-refractivity contribution in [3.8, 4) is 0 Å². The summed E-state index contributed by atoms with van der Waals surface area (Å²) < 4.78 is 11.9. The summed E-state index contributed by atoms with van der Waals surface area (Å²) in [6.07, 6.45) is 3.15. The Morgan fingerprint density at radius 1 is 1.29 bits per heavy atom. The van der Waals surface area contributed by atoms with Crippen molar-refractivity contribution in [2.75, 3.05) is 13.2 Å². The normalized spacial score (nSPS) is 25.9. The Morgan fingerprint density at radius 2 is 2.04 bits per heavy atom. The van der Waals surface area contributed by atoms with Gasteiger partial charge in [-0.2, -0.15) is 0 Å². The van der Waals surface area contributed by atoms with Crippen LogP contribution < -0.4 is 0 Å². The van der Waals surface area contributed by atoms with Crippen molar-refractivity contribution in [1.29, 1.82) is 0 Å². The van der Waals surface area contributed by atoms with Crippen LogP contribution in [0.5, 0.6) is 0 Å². The molecule has 2 unspecified atom stereocenters. The average Bonchev–Trinajstić information content (AvgIpc) is 3.05. The Balaban J connectivity index is 1.44. The number of furan rings is 1. The SMILES string of the molecule is Cc1c(C(=O)OCC(=O)N2CC3(C)CC2CC(C)(C)C3)oc2ccc(Br)cc12. The highest BCUT2D eigenvalue weighted by atomic mass is 79.9. The van der Waals surface area contributed by atoms with Gasteiger partial charge in [0, 0.05) is 28.0 Å². The fraction of sp³-hybridized carbons (Fsp3) is 0.545. The van der Waals surface area contributed by atoms with Crippen LogP contribution in [0.1, 0.15) is 56.2 Å². The molecule has 6 heteroatoms. The monoisotopic (exact) mass is 447 g/mol. The van der Waals surface area contributed by atoms with E-state index in [1.807, 2.05) is 24.0 Å². The quantitative estimate of drug-likeness (QED) is 0.614. The second kappa shape index (κ2) is 6.61. The number of benzene rings is 1. The topological polar surface area (TPSA) is 59.8 Å². The molecule has 4 rings (SSSR count). The van der Waals surface area contributed by atoms with Gasteiger partial charge in [0.2, 0.25) is 5.76 Å². The summed E-state index contributed by atoms with van der Waals surface area (Å²) >= 11 is 3.43. The number of hydrogen-bond acceptors (Lipinski definition) is 4. The van der Waals surface area contributed by atoms with E-state index < -0.39 is 5.97 Å². The minimum Gasteiger partial charge on any atom is -0.450 e. The number of aryl methyl sites for hydroxylation is 1. The lowest BCUT2D eigenvalue weighted by Gasteiger charge is -2.39. The number of rotatable bonds is 3. The van der Waals surface area contributed by atoms with E-state index in [1.165, 1.54) is 0 Å². The van der Waals surface area contributed by atoms with Gasteiger partial charge in [0.15, 0.2) is 6.61 Å². The fourth-order valence-corrected chi connectivity index (χ4v) is 5.78. The summed E-state index contributed by atoms with van der Waals surface area (Å²) in [7, 11) is 0. The molecule has 1 aliphatic heterocycles. The summed E-state index contributed by atoms with van der Waals surface area (Å²) in [5.74, 6) is -0.544. The molecule has 2 aliphatic rings. The van der Waals surface area contributed by atoms with E-state index in [-0.39, 0.29) is 35.1 Å². The second-order valence-electron chi connectivity index (χ2n) is 9.51. The van der Waals surface area contributed by atoms with Crippen LogP contribution in [0.2, 0.25) is 0 Å². The van der Waals surface area contributed by atoms with Crippen LogP contribution in [0.3, 0.4) is 0 Å². The summed E-state index contributed by atoms with van der Waals surface area (Å²) in [5.41, 5.74) is 1.75. The number of carbonyl (C=O) groups excluding carboxylic acids is 2. The Hall–Kier alpha value is -1.82. The molecule has 1 aromatic carbocycles. The van der Waals surface area contributed by atoms with Gasteiger partial charge >= 0.3 is 5.97 Å². The van der Waals surface area contributed by atoms with Gasteiger partial charge in [-0.25, -0.2) is 4.79 Å². The Morgan fingerprint density at radius 3 is 2.79 bits per heavy atom. The van der Waals surface area contributed by atoms with Gasteiger partial charge in [0.25, 0.3) is 5.91 Å². The highest BCUT2D eigenvalue weighted by Crippen LogP contribution is 2.52. The van der Waals surface area contributed by atoms with Crippen LogP contribution in [0, 0.1) is 17.8 Å². The van der Waals surface area contributed by atoms with Crippen LogP contribution in [0.15, 0.2) is 27.1 Å². The zero-order chi connectivity index (χ0) is 20.3. The predicted octanol–water partition coefficient (Wildman–Crippen LogP) is 5.09. The van der Waals surface area contributed by atoms with Gasteiger partial charge in [-0.1, -0.05) is 36.7 Å². The highest BCUT2D eigenvalue weighted by Gasteiger charge is 2.50. The standard InChI is InChI=1S/C22H26BrNO4/c1-13-16-7-14(23)5-6-17(16)28-19(13)20(26)27-10-18(25)24-12-22(4)9-15(24)8-21(2,3)11-22/h5-7,15H,8-12H2,1-4H3. The maximum Gasteiger partial charge on any atom is 0.375 e. The summed E-state index contributed by atoms with van der Waals surface area (Å²) in [5, 5.41) is 0.858. The number of nitrogens with zero attached hydrogens (tertiary/aromatic N) is 1. The number of ether oxygens (including phenoxy) is 1. The fourth-order valence-electron chi connectivity index (χ4n) is 5.42. The number of likely N-dealkylation sites (tertiary alicyclic amines) is 1. The first-order valence-corrected chi connectivity index (χ1v) is 10.5. The number of carbonyl (C=O) groups is 2. The highest BCUT2D eigenvalue weighted by molar-refractivity contribution is 9.10. The van der Waals surface area contributed by atoms with Gasteiger partial charge < -0.3 is 14.1 Å². The molecular formula is C22H26BrNO4. The molecule has 2 aromatic rings. The third-order valence-electron chi connectivity index (χ3n) is 6.15. The molecule has 150 valence electrons. The van der Waals surface area contributed by atoms with E-state index in [4.69, 9.17) is 9.15 Å². The van der Waals surface area contributed by atoms with Crippen LogP contribution in [0.25, 0.3) is 11.0 Å². The molecule has 1 aromatic heterocycles. The Labute approximate surface area is 173 Å². The average molecular weight is 448 g/mol. The Kier molecular flexibility index (Phi) is 4.60. The van der Waals surface area contributed by atoms with Gasteiger partial charge in [-0.05, 0) is 55.2 Å². The predicted molar refractivity (Wildman–Crippen MR) is 110 cm³/mol. The van der Waals surface area contributed by atoms with Crippen molar-refractivity contribution in [3.05, 3.63) is 34.0 Å². The molecule has 0 radical (unpaired) electrons. The largest absolute Gasteiger partial charge is 0.450 e. The summed E-state index contributed by atoms with van der Waals surface area (Å²) in [4.78, 5) is 27.2. The van der Waals surface area contributed by atoms with Crippen molar-refractivity contribution < 1.29 is 18.7 Å². The van der Waals surface area contributed by atoms with Gasteiger partial charge in [-0.15, -0.1) is 0 Å². The van der Waals surface area contributed by atoms with E-state index in [9.17, 15) is 9.59 Å². The van der Waals surface area contributed by atoms with Crippen molar-refractivity contribution in [2.24, 2.45) is 10.8 Å². The Bertz CT molecular complexity index is 963. The molecule has 1 aliphatic carbocycles. The zero-order valence-electron chi connectivity index (χ0n) is 16.8. The number of amides is 1. The van der Waals surface area contributed by atoms with Gasteiger partial charge in [-0.3, -0.25) is 4.79 Å². The first kappa shape index (κ1) is 19.5. The van der Waals surface area contributed by atoms with Crippen molar-refractivity contribution in [2.45, 2.75) is 53.0 Å².